The number of aliphatic hydroxyl groups excluding tert-OH is 2. The average molecular weight is 676 g/mol. The van der Waals surface area contributed by atoms with Crippen molar-refractivity contribution < 1.29 is 49.3 Å². The topological polar surface area (TPSA) is 175 Å². The van der Waals surface area contributed by atoms with E-state index in [4.69, 9.17) is 14.2 Å². The van der Waals surface area contributed by atoms with E-state index in [0.717, 1.165) is 11.6 Å². The van der Waals surface area contributed by atoms with Crippen molar-refractivity contribution >= 4 is 11.9 Å². The maximum absolute atomic E-state index is 12.9. The molecule has 1 aliphatic heterocycles. The average Bonchev–Trinajstić information content (AvgIpc) is 3.20. The minimum atomic E-state index is -1.27. The van der Waals surface area contributed by atoms with Crippen LogP contribution in [-0.2, 0) is 31.8 Å². The summed E-state index contributed by atoms with van der Waals surface area (Å²) in [5.74, 6) is -2.49. The highest BCUT2D eigenvalue weighted by Crippen LogP contribution is 2.42. The van der Waals surface area contributed by atoms with Gasteiger partial charge in [-0.3, -0.25) is 4.79 Å². The summed E-state index contributed by atoms with van der Waals surface area (Å²) in [4.78, 5) is 24.8. The van der Waals surface area contributed by atoms with Gasteiger partial charge in [0.2, 0.25) is 0 Å². The monoisotopic (exact) mass is 675 g/mol. The molecular formula is C37H57NO10. The normalized spacial score (nSPS) is 22.8. The van der Waals surface area contributed by atoms with Crippen molar-refractivity contribution in [3.05, 3.63) is 58.7 Å². The van der Waals surface area contributed by atoms with Gasteiger partial charge in [0, 0.05) is 32.1 Å². The van der Waals surface area contributed by atoms with Crippen LogP contribution in [0.15, 0.2) is 36.4 Å². The van der Waals surface area contributed by atoms with Crippen molar-refractivity contribution in [3.63, 3.8) is 0 Å². The predicted octanol–water partition coefficient (Wildman–Crippen LogP) is 5.27. The van der Waals surface area contributed by atoms with Crippen LogP contribution in [0.4, 0.5) is 0 Å². The molecule has 7 atom stereocenters. The van der Waals surface area contributed by atoms with Gasteiger partial charge in [0.05, 0.1) is 18.3 Å². The number of aromatic carboxylic acids is 1. The lowest BCUT2D eigenvalue weighted by atomic mass is 9.73. The first-order chi connectivity index (χ1) is 22.9. The lowest BCUT2D eigenvalue weighted by Gasteiger charge is -2.41. The minimum absolute atomic E-state index is 0.171. The first kappa shape index (κ1) is 41.0. The maximum Gasteiger partial charge on any atom is 0.339 e. The van der Waals surface area contributed by atoms with Crippen LogP contribution in [0.2, 0.25) is 0 Å². The molecule has 2 aromatic carbocycles. The number of aryl methyl sites for hydroxylation is 1. The number of amides is 1. The van der Waals surface area contributed by atoms with Gasteiger partial charge in [0.25, 0.3) is 5.91 Å². The number of hydrogen-bond donors (Lipinski definition) is 6. The number of nitrogens with one attached hydrogen (secondary N) is 1. The number of ether oxygens (including phenoxy) is 3. The number of hydrogen-bond acceptors (Lipinski definition) is 9. The highest BCUT2D eigenvalue weighted by molar-refractivity contribution is 5.93. The molecule has 3 rings (SSSR count). The number of rotatable bonds is 16. The minimum Gasteiger partial charge on any atom is -0.508 e. The quantitative estimate of drug-likeness (QED) is 0.129. The van der Waals surface area contributed by atoms with E-state index >= 15 is 0 Å². The molecule has 270 valence electrons. The molecule has 11 nitrogen and oxygen atoms in total. The maximum atomic E-state index is 12.9. The Balaban J connectivity index is 0.00000392. The summed E-state index contributed by atoms with van der Waals surface area (Å²) in [6, 6.07) is 10.6. The third kappa shape index (κ3) is 10.6. The second kappa shape index (κ2) is 19.7. The molecule has 0 aromatic heterocycles. The van der Waals surface area contributed by atoms with Crippen molar-refractivity contribution in [1.29, 1.82) is 0 Å². The lowest BCUT2D eigenvalue weighted by Crippen LogP contribution is -2.51. The Morgan fingerprint density at radius 3 is 2.29 bits per heavy atom. The van der Waals surface area contributed by atoms with Gasteiger partial charge in [-0.25, -0.2) is 4.79 Å². The fourth-order valence-electron chi connectivity index (χ4n) is 6.37. The number of benzene rings is 2. The first-order valence-electron chi connectivity index (χ1n) is 17.0. The van der Waals surface area contributed by atoms with Crippen molar-refractivity contribution in [2.45, 2.75) is 129 Å². The highest BCUT2D eigenvalue weighted by Gasteiger charge is 2.46. The molecule has 0 bridgehead atoms. The molecule has 1 amide bonds. The molecule has 1 unspecified atom stereocenters. The molecule has 1 saturated heterocycles. The molecule has 6 N–H and O–H groups in total. The number of carbonyl (C=O) groups is 2. The number of carboxylic acid groups (broad SMARTS) is 1. The van der Waals surface area contributed by atoms with E-state index in [1.165, 1.54) is 7.11 Å². The van der Waals surface area contributed by atoms with Gasteiger partial charge in [-0.05, 0) is 75.0 Å². The van der Waals surface area contributed by atoms with Crippen LogP contribution in [0.3, 0.4) is 0 Å². The largest absolute Gasteiger partial charge is 0.508 e. The van der Waals surface area contributed by atoms with Gasteiger partial charge in [-0.2, -0.15) is 0 Å². The standard InChI is InChI=1S/C35H51NO10.C2H6/c1-6-35(3)29(40)18-17-28(33(45-5)36-32(41)25(37)16-15-22-11-8-7-9-12-22)46-30(35)19-23(44-4)13-10-14-24-21(2)26(38)20-27(39)31(24)34(42)43;1-2/h7-9,11-12,20,23,25,28-30,33,37-40H,6,10,13-19H2,1-5H3,(H,36,41)(H,42,43);1-2H3/t23-,25+,28+,29-,30-,33+,35?;/m1./s1. The van der Waals surface area contributed by atoms with E-state index in [9.17, 15) is 35.1 Å². The van der Waals surface area contributed by atoms with Crippen LogP contribution >= 0.6 is 0 Å². The number of phenolic OH excluding ortho intramolecular Hbond substituents is 1. The summed E-state index contributed by atoms with van der Waals surface area (Å²) in [7, 11) is 3.05. The van der Waals surface area contributed by atoms with Gasteiger partial charge >= 0.3 is 5.97 Å². The molecule has 0 saturated carbocycles. The second-order valence-electron chi connectivity index (χ2n) is 12.5. The number of carboxylic acids is 1. The molecule has 1 aliphatic rings. The molecule has 11 heteroatoms. The van der Waals surface area contributed by atoms with Gasteiger partial charge in [-0.15, -0.1) is 0 Å². The van der Waals surface area contributed by atoms with Crippen LogP contribution in [0.25, 0.3) is 0 Å². The Labute approximate surface area is 285 Å². The fraction of sp³-hybridized carbons (Fsp3) is 0.622. The molecular weight excluding hydrogens is 618 g/mol. The zero-order valence-electron chi connectivity index (χ0n) is 29.6. The third-order valence-electron chi connectivity index (χ3n) is 9.70. The third-order valence-corrected chi connectivity index (χ3v) is 9.70. The molecule has 1 fully saturated rings. The summed E-state index contributed by atoms with van der Waals surface area (Å²) in [6.45, 7) is 9.58. The van der Waals surface area contributed by atoms with Crippen LogP contribution in [0.1, 0.15) is 99.7 Å². The van der Waals surface area contributed by atoms with E-state index < -0.39 is 53.7 Å². The smallest absolute Gasteiger partial charge is 0.339 e. The van der Waals surface area contributed by atoms with Crippen molar-refractivity contribution in [2.75, 3.05) is 14.2 Å². The second-order valence-corrected chi connectivity index (χ2v) is 12.5. The van der Waals surface area contributed by atoms with Gasteiger partial charge < -0.3 is 45.1 Å². The number of methoxy groups -OCH3 is 2. The Hall–Kier alpha value is -3.22. The van der Waals surface area contributed by atoms with Crippen LogP contribution in [0.5, 0.6) is 11.5 Å². The van der Waals surface area contributed by atoms with Gasteiger partial charge in [0.1, 0.15) is 29.3 Å². The molecule has 0 spiro atoms. The molecule has 2 aromatic rings. The zero-order valence-corrected chi connectivity index (χ0v) is 29.6. The summed E-state index contributed by atoms with van der Waals surface area (Å²) in [5.41, 5.74) is 0.930. The van der Waals surface area contributed by atoms with Crippen LogP contribution in [0, 0.1) is 12.3 Å². The van der Waals surface area contributed by atoms with Crippen molar-refractivity contribution in [1.82, 2.24) is 5.32 Å². The molecule has 0 aliphatic carbocycles. The summed E-state index contributed by atoms with van der Waals surface area (Å²) in [6.07, 6.45) is -0.211. The zero-order chi connectivity index (χ0) is 36.0. The fourth-order valence-corrected chi connectivity index (χ4v) is 6.37. The first-order valence-corrected chi connectivity index (χ1v) is 17.0. The number of aliphatic hydroxyl groups is 2. The van der Waals surface area contributed by atoms with E-state index in [1.807, 2.05) is 58.0 Å². The van der Waals surface area contributed by atoms with Gasteiger partial charge in [-0.1, -0.05) is 58.0 Å². The van der Waals surface area contributed by atoms with Gasteiger partial charge in [0.15, 0.2) is 6.23 Å². The van der Waals surface area contributed by atoms with E-state index in [2.05, 4.69) is 5.32 Å². The van der Waals surface area contributed by atoms with E-state index in [1.54, 1.807) is 14.0 Å². The Morgan fingerprint density at radius 2 is 1.71 bits per heavy atom. The molecule has 48 heavy (non-hydrogen) atoms. The Bertz CT molecular complexity index is 1290. The summed E-state index contributed by atoms with van der Waals surface area (Å²) >= 11 is 0. The number of phenols is 2. The summed E-state index contributed by atoms with van der Waals surface area (Å²) < 4.78 is 18.1. The van der Waals surface area contributed by atoms with Crippen LogP contribution < -0.4 is 5.32 Å². The molecule has 0 radical (unpaired) electrons. The Kier molecular flexibility index (Phi) is 16.8. The van der Waals surface area contributed by atoms with Crippen LogP contribution in [-0.4, -0.2) is 88.4 Å². The van der Waals surface area contributed by atoms with E-state index in [-0.39, 0.29) is 23.8 Å². The van der Waals surface area contributed by atoms with E-state index in [0.29, 0.717) is 62.5 Å². The number of carbonyl (C=O) groups excluding carboxylic acids is 1. The predicted molar refractivity (Wildman–Crippen MR) is 183 cm³/mol. The number of aromatic hydroxyl groups is 2. The summed E-state index contributed by atoms with van der Waals surface area (Å²) in [5, 5.41) is 54.7. The van der Waals surface area contributed by atoms with Crippen molar-refractivity contribution in [3.8, 4) is 11.5 Å². The lowest BCUT2D eigenvalue weighted by molar-refractivity contribution is -0.160. The SMILES string of the molecule is CC.CCC1(C)[C@H](O)CC[C@@H]([C@@H](NC(=O)[C@@H](O)CCc2ccccc2)OC)O[C@@H]1C[C@@H](CCCc1c(C)c(O)cc(O)c1C(=O)O)OC. The molecule has 1 heterocycles. The Morgan fingerprint density at radius 1 is 1.04 bits per heavy atom. The highest BCUT2D eigenvalue weighted by atomic mass is 16.6. The van der Waals surface area contributed by atoms with Crippen molar-refractivity contribution in [2.24, 2.45) is 5.41 Å².